The number of hydrogen-bond acceptors (Lipinski definition) is 3. The van der Waals surface area contributed by atoms with E-state index in [9.17, 15) is 0 Å². The Hall–Kier alpha value is -1.06. The second kappa shape index (κ2) is 5.73. The Morgan fingerprint density at radius 3 is 2.60 bits per heavy atom. The predicted octanol–water partition coefficient (Wildman–Crippen LogP) is 1.90. The summed E-state index contributed by atoms with van der Waals surface area (Å²) in [4.78, 5) is 0. The minimum Gasteiger partial charge on any atom is -0.496 e. The fourth-order valence-corrected chi connectivity index (χ4v) is 1.73. The highest BCUT2D eigenvalue weighted by Crippen LogP contribution is 2.29. The number of benzene rings is 1. The maximum Gasteiger partial charge on any atom is 0.122 e. The lowest BCUT2D eigenvalue weighted by Crippen LogP contribution is -2.12. The summed E-state index contributed by atoms with van der Waals surface area (Å²) in [6.07, 6.45) is 0. The first kappa shape index (κ1) is 12.0. The van der Waals surface area contributed by atoms with Crippen LogP contribution in [0, 0.1) is 0 Å². The van der Waals surface area contributed by atoms with Gasteiger partial charge in [0.1, 0.15) is 5.75 Å². The molecule has 0 bridgehead atoms. The van der Waals surface area contributed by atoms with Crippen molar-refractivity contribution in [1.29, 1.82) is 0 Å². The van der Waals surface area contributed by atoms with Crippen LogP contribution in [0.2, 0.25) is 0 Å². The molecule has 3 heteroatoms. The Balaban J connectivity index is 3.14. The van der Waals surface area contributed by atoms with Crippen LogP contribution in [0.1, 0.15) is 24.0 Å². The standard InChI is InChI=1S/C12H19NO2/c1-9(7-13)12-10(8-14-2)5-4-6-11(12)15-3/h4-6,9H,7-8,13H2,1-3H3. The Morgan fingerprint density at radius 1 is 1.33 bits per heavy atom. The lowest BCUT2D eigenvalue weighted by molar-refractivity contribution is 0.183. The molecule has 0 saturated heterocycles. The molecule has 1 rings (SSSR count). The van der Waals surface area contributed by atoms with Gasteiger partial charge in [0.25, 0.3) is 0 Å². The maximum atomic E-state index is 5.70. The molecule has 1 aromatic rings. The molecule has 0 spiro atoms. The molecule has 84 valence electrons. The van der Waals surface area contributed by atoms with Crippen molar-refractivity contribution in [2.75, 3.05) is 20.8 Å². The van der Waals surface area contributed by atoms with Crippen LogP contribution >= 0.6 is 0 Å². The first-order valence-electron chi connectivity index (χ1n) is 5.09. The van der Waals surface area contributed by atoms with Crippen molar-refractivity contribution in [3.05, 3.63) is 29.3 Å². The van der Waals surface area contributed by atoms with Crippen LogP contribution < -0.4 is 10.5 Å². The van der Waals surface area contributed by atoms with Crippen molar-refractivity contribution in [1.82, 2.24) is 0 Å². The van der Waals surface area contributed by atoms with Crippen LogP contribution in [-0.4, -0.2) is 20.8 Å². The first-order valence-corrected chi connectivity index (χ1v) is 5.09. The summed E-state index contributed by atoms with van der Waals surface area (Å²) in [5.41, 5.74) is 8.00. The van der Waals surface area contributed by atoms with Crippen molar-refractivity contribution in [3.63, 3.8) is 0 Å². The third kappa shape index (κ3) is 2.70. The van der Waals surface area contributed by atoms with Gasteiger partial charge < -0.3 is 15.2 Å². The predicted molar refractivity (Wildman–Crippen MR) is 61.2 cm³/mol. The Labute approximate surface area is 91.2 Å². The summed E-state index contributed by atoms with van der Waals surface area (Å²) >= 11 is 0. The van der Waals surface area contributed by atoms with Gasteiger partial charge in [0, 0.05) is 12.7 Å². The van der Waals surface area contributed by atoms with E-state index >= 15 is 0 Å². The molecular formula is C12H19NO2. The van der Waals surface area contributed by atoms with E-state index < -0.39 is 0 Å². The molecule has 0 aliphatic carbocycles. The molecule has 0 radical (unpaired) electrons. The van der Waals surface area contributed by atoms with Gasteiger partial charge >= 0.3 is 0 Å². The van der Waals surface area contributed by atoms with E-state index in [2.05, 4.69) is 6.92 Å². The molecule has 0 fully saturated rings. The Bertz CT molecular complexity index is 312. The van der Waals surface area contributed by atoms with E-state index in [1.54, 1.807) is 14.2 Å². The van der Waals surface area contributed by atoms with Crippen molar-refractivity contribution >= 4 is 0 Å². The van der Waals surface area contributed by atoms with Crippen LogP contribution in [0.25, 0.3) is 0 Å². The summed E-state index contributed by atoms with van der Waals surface area (Å²) in [7, 11) is 3.37. The molecule has 1 atom stereocenters. The van der Waals surface area contributed by atoms with E-state index in [4.69, 9.17) is 15.2 Å². The van der Waals surface area contributed by atoms with Gasteiger partial charge in [0.05, 0.1) is 13.7 Å². The third-order valence-electron chi connectivity index (χ3n) is 2.52. The molecule has 0 aliphatic heterocycles. The zero-order valence-electron chi connectivity index (χ0n) is 9.62. The van der Waals surface area contributed by atoms with Crippen molar-refractivity contribution in [3.8, 4) is 5.75 Å². The van der Waals surface area contributed by atoms with Gasteiger partial charge in [-0.15, -0.1) is 0 Å². The summed E-state index contributed by atoms with van der Waals surface area (Å²) in [6.45, 7) is 3.30. The number of hydrogen-bond donors (Lipinski definition) is 1. The number of nitrogens with two attached hydrogens (primary N) is 1. The second-order valence-corrected chi connectivity index (χ2v) is 3.60. The average Bonchev–Trinajstić information content (AvgIpc) is 2.28. The molecule has 15 heavy (non-hydrogen) atoms. The topological polar surface area (TPSA) is 44.5 Å². The molecule has 0 aromatic heterocycles. The van der Waals surface area contributed by atoms with E-state index in [-0.39, 0.29) is 5.92 Å². The van der Waals surface area contributed by atoms with Crippen molar-refractivity contribution in [2.45, 2.75) is 19.4 Å². The van der Waals surface area contributed by atoms with Crippen molar-refractivity contribution in [2.24, 2.45) is 5.73 Å². The van der Waals surface area contributed by atoms with Crippen LogP contribution in [-0.2, 0) is 11.3 Å². The second-order valence-electron chi connectivity index (χ2n) is 3.60. The Morgan fingerprint density at radius 2 is 2.07 bits per heavy atom. The quantitative estimate of drug-likeness (QED) is 0.805. The summed E-state index contributed by atoms with van der Waals surface area (Å²) < 4.78 is 10.5. The van der Waals surface area contributed by atoms with Gasteiger partial charge in [-0.3, -0.25) is 0 Å². The molecule has 0 heterocycles. The highest BCUT2D eigenvalue weighted by Gasteiger charge is 2.14. The smallest absolute Gasteiger partial charge is 0.122 e. The van der Waals surface area contributed by atoms with Gasteiger partial charge in [-0.05, 0) is 24.1 Å². The van der Waals surface area contributed by atoms with Gasteiger partial charge in [0.15, 0.2) is 0 Å². The minimum atomic E-state index is 0.284. The fourth-order valence-electron chi connectivity index (χ4n) is 1.73. The van der Waals surface area contributed by atoms with E-state index in [0.29, 0.717) is 13.2 Å². The Kier molecular flexibility index (Phi) is 4.59. The van der Waals surface area contributed by atoms with Gasteiger partial charge in [-0.2, -0.15) is 0 Å². The lowest BCUT2D eigenvalue weighted by atomic mass is 9.95. The summed E-state index contributed by atoms with van der Waals surface area (Å²) in [6, 6.07) is 5.98. The SMILES string of the molecule is COCc1cccc(OC)c1C(C)CN. The van der Waals surface area contributed by atoms with Gasteiger partial charge in [0.2, 0.25) is 0 Å². The first-order chi connectivity index (χ1) is 7.24. The minimum absolute atomic E-state index is 0.284. The number of ether oxygens (including phenoxy) is 2. The number of rotatable bonds is 5. The number of methoxy groups -OCH3 is 2. The zero-order valence-corrected chi connectivity index (χ0v) is 9.62. The van der Waals surface area contributed by atoms with Gasteiger partial charge in [-0.25, -0.2) is 0 Å². The van der Waals surface area contributed by atoms with E-state index in [0.717, 1.165) is 16.9 Å². The van der Waals surface area contributed by atoms with Crippen LogP contribution in [0.15, 0.2) is 18.2 Å². The fraction of sp³-hybridized carbons (Fsp3) is 0.500. The molecule has 0 amide bonds. The maximum absolute atomic E-state index is 5.70. The molecule has 2 N–H and O–H groups in total. The monoisotopic (exact) mass is 209 g/mol. The normalized spacial score (nSPS) is 12.5. The zero-order chi connectivity index (χ0) is 11.3. The molecule has 1 aromatic carbocycles. The van der Waals surface area contributed by atoms with Crippen LogP contribution in [0.5, 0.6) is 5.75 Å². The molecule has 1 unspecified atom stereocenters. The molecular weight excluding hydrogens is 190 g/mol. The van der Waals surface area contributed by atoms with E-state index in [1.807, 2.05) is 18.2 Å². The average molecular weight is 209 g/mol. The molecule has 0 aliphatic rings. The lowest BCUT2D eigenvalue weighted by Gasteiger charge is -2.18. The van der Waals surface area contributed by atoms with E-state index in [1.165, 1.54) is 0 Å². The van der Waals surface area contributed by atoms with Crippen molar-refractivity contribution < 1.29 is 9.47 Å². The van der Waals surface area contributed by atoms with Gasteiger partial charge in [-0.1, -0.05) is 19.1 Å². The molecule has 3 nitrogen and oxygen atoms in total. The van der Waals surface area contributed by atoms with Crippen LogP contribution in [0.4, 0.5) is 0 Å². The third-order valence-corrected chi connectivity index (χ3v) is 2.52. The highest BCUT2D eigenvalue weighted by atomic mass is 16.5. The summed E-state index contributed by atoms with van der Waals surface area (Å²) in [5, 5.41) is 0. The highest BCUT2D eigenvalue weighted by molar-refractivity contribution is 5.42. The molecule has 0 saturated carbocycles. The summed E-state index contributed by atoms with van der Waals surface area (Å²) in [5.74, 6) is 1.17. The largest absolute Gasteiger partial charge is 0.496 e. The van der Waals surface area contributed by atoms with Crippen LogP contribution in [0.3, 0.4) is 0 Å².